The molecule has 2 N–H and O–H groups in total. The maximum absolute atomic E-state index is 13.1. The van der Waals surface area contributed by atoms with Crippen LogP contribution in [0, 0.1) is 0 Å². The van der Waals surface area contributed by atoms with Crippen molar-refractivity contribution in [3.8, 4) is 33.4 Å². The first-order chi connectivity index (χ1) is 26.0. The second kappa shape index (κ2) is 12.4. The Hall–Kier alpha value is -4.76. The Morgan fingerprint density at radius 1 is 0.304 bits per heavy atom. The molecule has 0 radical (unpaired) electrons. The number of aliphatic hydroxyl groups is 2. The van der Waals surface area contributed by atoms with E-state index in [0.717, 1.165) is 66.8 Å². The SMILES string of the molecule is CC(C)(C)c1ccc2c(c1)C(O)(c1ccc(-c3ccc(C4(O)c5cc(C(C)(C)C)ccc5-c5ccc(C(C)(C)C)cc54)cc3)cc1)c1cc(C(C)(C)C)ccc1-2. The minimum Gasteiger partial charge on any atom is -0.376 e. The molecule has 2 aliphatic carbocycles. The monoisotopic (exact) mass is 738 g/mol. The normalized spacial score (nSPS) is 15.6. The van der Waals surface area contributed by atoms with Gasteiger partial charge in [-0.15, -0.1) is 0 Å². The van der Waals surface area contributed by atoms with E-state index in [4.69, 9.17) is 0 Å². The van der Waals surface area contributed by atoms with E-state index in [9.17, 15) is 10.2 Å². The summed E-state index contributed by atoms with van der Waals surface area (Å²) in [5.41, 5.74) is 13.9. The molecule has 0 spiro atoms. The van der Waals surface area contributed by atoms with E-state index in [1.165, 1.54) is 22.3 Å². The van der Waals surface area contributed by atoms with Gasteiger partial charge < -0.3 is 10.2 Å². The Kier molecular flexibility index (Phi) is 8.42. The highest BCUT2D eigenvalue weighted by atomic mass is 16.3. The van der Waals surface area contributed by atoms with Gasteiger partial charge in [-0.05, 0) is 88.4 Å². The quantitative estimate of drug-likeness (QED) is 0.190. The molecule has 0 aliphatic heterocycles. The predicted molar refractivity (Wildman–Crippen MR) is 235 cm³/mol. The Bertz CT molecular complexity index is 2200. The van der Waals surface area contributed by atoms with Crippen molar-refractivity contribution in [3.05, 3.63) is 177 Å². The Balaban J connectivity index is 1.20. The topological polar surface area (TPSA) is 40.5 Å². The predicted octanol–water partition coefficient (Wildman–Crippen LogP) is 13.1. The van der Waals surface area contributed by atoms with Crippen molar-refractivity contribution < 1.29 is 10.2 Å². The van der Waals surface area contributed by atoms with Crippen molar-refractivity contribution in [2.75, 3.05) is 0 Å². The molecule has 8 rings (SSSR count). The fraction of sp³-hybridized carbons (Fsp3) is 0.333. The standard InChI is InChI=1S/C54H58O2/c1-49(2,3)37-21-25-41-42-26-22-38(50(4,5)6)30-46(42)53(55,45(41)29-37)35-17-13-33(14-18-35)34-15-19-36(20-16-34)54(56)47-31-39(51(7,8)9)23-27-43(47)44-28-24-40(32-48(44)54)52(10,11)12/h13-32,55-56H,1-12H3. The van der Waals surface area contributed by atoms with Crippen molar-refractivity contribution in [1.29, 1.82) is 0 Å². The molecule has 286 valence electrons. The summed E-state index contributed by atoms with van der Waals surface area (Å²) in [5, 5.41) is 26.1. The summed E-state index contributed by atoms with van der Waals surface area (Å²) in [6, 6.07) is 43.4. The molecule has 0 atom stereocenters. The van der Waals surface area contributed by atoms with Crippen LogP contribution in [0.5, 0.6) is 0 Å². The van der Waals surface area contributed by atoms with Gasteiger partial charge in [-0.1, -0.05) is 204 Å². The van der Waals surface area contributed by atoms with Gasteiger partial charge in [-0.2, -0.15) is 0 Å². The fourth-order valence-corrected chi connectivity index (χ4v) is 8.90. The van der Waals surface area contributed by atoms with Gasteiger partial charge in [-0.25, -0.2) is 0 Å². The summed E-state index contributed by atoms with van der Waals surface area (Å²) in [7, 11) is 0. The molecule has 6 aromatic rings. The Morgan fingerprint density at radius 3 is 0.714 bits per heavy atom. The van der Waals surface area contributed by atoms with Crippen molar-refractivity contribution in [3.63, 3.8) is 0 Å². The summed E-state index contributed by atoms with van der Waals surface area (Å²) in [6.07, 6.45) is 0. The molecule has 0 unspecified atom stereocenters. The molecular formula is C54H58O2. The van der Waals surface area contributed by atoms with Crippen LogP contribution < -0.4 is 0 Å². The summed E-state index contributed by atoms with van der Waals surface area (Å²) >= 11 is 0. The molecular weight excluding hydrogens is 681 g/mol. The highest BCUT2D eigenvalue weighted by molar-refractivity contribution is 5.85. The molecule has 0 bridgehead atoms. The Morgan fingerprint density at radius 2 is 0.518 bits per heavy atom. The van der Waals surface area contributed by atoms with Crippen LogP contribution in [0.4, 0.5) is 0 Å². The van der Waals surface area contributed by atoms with Gasteiger partial charge in [-0.3, -0.25) is 0 Å². The first-order valence-corrected chi connectivity index (χ1v) is 20.3. The lowest BCUT2D eigenvalue weighted by molar-refractivity contribution is 0.130. The van der Waals surface area contributed by atoms with Crippen molar-refractivity contribution in [2.24, 2.45) is 0 Å². The molecule has 0 amide bonds. The molecule has 2 heteroatoms. The lowest BCUT2D eigenvalue weighted by Crippen LogP contribution is -2.27. The Labute approximate surface area is 335 Å². The molecule has 0 heterocycles. The van der Waals surface area contributed by atoms with E-state index in [1.54, 1.807) is 0 Å². The van der Waals surface area contributed by atoms with Gasteiger partial charge in [0.25, 0.3) is 0 Å². The van der Waals surface area contributed by atoms with E-state index >= 15 is 0 Å². The molecule has 0 saturated heterocycles. The van der Waals surface area contributed by atoms with Gasteiger partial charge in [0, 0.05) is 22.3 Å². The fourth-order valence-electron chi connectivity index (χ4n) is 8.90. The second-order valence-corrected chi connectivity index (χ2v) is 20.6. The molecule has 2 aliphatic rings. The van der Waals surface area contributed by atoms with Crippen LogP contribution in [-0.4, -0.2) is 10.2 Å². The molecule has 56 heavy (non-hydrogen) atoms. The lowest BCUT2D eigenvalue weighted by Gasteiger charge is -2.30. The van der Waals surface area contributed by atoms with E-state index in [-0.39, 0.29) is 21.7 Å². The maximum Gasteiger partial charge on any atom is 0.141 e. The maximum atomic E-state index is 13.1. The number of hydrogen-bond donors (Lipinski definition) is 2. The van der Waals surface area contributed by atoms with Gasteiger partial charge in [0.2, 0.25) is 0 Å². The van der Waals surface area contributed by atoms with E-state index in [1.807, 2.05) is 0 Å². The average molecular weight is 739 g/mol. The van der Waals surface area contributed by atoms with Crippen molar-refractivity contribution in [1.82, 2.24) is 0 Å². The smallest absolute Gasteiger partial charge is 0.141 e. The summed E-state index contributed by atoms with van der Waals surface area (Å²) in [5.74, 6) is 0. The van der Waals surface area contributed by atoms with Crippen molar-refractivity contribution >= 4 is 0 Å². The molecule has 2 nitrogen and oxygen atoms in total. The third-order valence-corrected chi connectivity index (χ3v) is 12.6. The zero-order valence-corrected chi connectivity index (χ0v) is 35.4. The summed E-state index contributed by atoms with van der Waals surface area (Å²) < 4.78 is 0. The molecule has 0 saturated carbocycles. The lowest BCUT2D eigenvalue weighted by atomic mass is 9.78. The largest absolute Gasteiger partial charge is 0.376 e. The molecule has 0 aromatic heterocycles. The van der Waals surface area contributed by atoms with Crippen LogP contribution >= 0.6 is 0 Å². The van der Waals surface area contributed by atoms with Crippen LogP contribution in [0.2, 0.25) is 0 Å². The van der Waals surface area contributed by atoms with Crippen LogP contribution in [-0.2, 0) is 32.9 Å². The van der Waals surface area contributed by atoms with E-state index in [0.29, 0.717) is 0 Å². The number of fused-ring (bicyclic) bond motifs is 6. The molecule has 0 fully saturated rings. The van der Waals surface area contributed by atoms with E-state index in [2.05, 4.69) is 204 Å². The minimum atomic E-state index is -1.29. The number of rotatable bonds is 3. The number of benzene rings is 6. The van der Waals surface area contributed by atoms with Gasteiger partial charge in [0.15, 0.2) is 0 Å². The number of hydrogen-bond acceptors (Lipinski definition) is 2. The zero-order chi connectivity index (χ0) is 40.4. The van der Waals surface area contributed by atoms with Crippen LogP contribution in [0.3, 0.4) is 0 Å². The van der Waals surface area contributed by atoms with Gasteiger partial charge in [0.1, 0.15) is 11.2 Å². The highest BCUT2D eigenvalue weighted by Crippen LogP contribution is 2.54. The summed E-state index contributed by atoms with van der Waals surface area (Å²) in [4.78, 5) is 0. The third-order valence-electron chi connectivity index (χ3n) is 12.6. The molecule has 6 aromatic carbocycles. The van der Waals surface area contributed by atoms with Crippen LogP contribution in [0.1, 0.15) is 139 Å². The first kappa shape index (κ1) is 38.1. The average Bonchev–Trinajstić information content (AvgIpc) is 3.55. The zero-order valence-electron chi connectivity index (χ0n) is 35.4. The first-order valence-electron chi connectivity index (χ1n) is 20.3. The minimum absolute atomic E-state index is 0.0587. The van der Waals surface area contributed by atoms with Crippen LogP contribution in [0.25, 0.3) is 33.4 Å². The third kappa shape index (κ3) is 5.91. The van der Waals surface area contributed by atoms with Crippen LogP contribution in [0.15, 0.2) is 121 Å². The highest BCUT2D eigenvalue weighted by Gasteiger charge is 2.46. The van der Waals surface area contributed by atoms with Crippen molar-refractivity contribution in [2.45, 2.75) is 116 Å². The summed E-state index contributed by atoms with van der Waals surface area (Å²) in [6.45, 7) is 26.7. The van der Waals surface area contributed by atoms with Gasteiger partial charge >= 0.3 is 0 Å². The van der Waals surface area contributed by atoms with E-state index < -0.39 is 11.2 Å². The second-order valence-electron chi connectivity index (χ2n) is 20.6. The van der Waals surface area contributed by atoms with Gasteiger partial charge in [0.05, 0.1) is 0 Å².